The van der Waals surface area contributed by atoms with Crippen LogP contribution >= 0.6 is 12.4 Å². The van der Waals surface area contributed by atoms with Gasteiger partial charge in [0.05, 0.1) is 5.69 Å². The molecule has 1 unspecified atom stereocenters. The summed E-state index contributed by atoms with van der Waals surface area (Å²) in [5.74, 6) is 1.75. The van der Waals surface area contributed by atoms with Crippen LogP contribution in [-0.2, 0) is 0 Å². The highest BCUT2D eigenvalue weighted by Crippen LogP contribution is 2.16. The number of anilines is 1. The molecule has 0 saturated carbocycles. The van der Waals surface area contributed by atoms with Gasteiger partial charge < -0.3 is 10.2 Å². The Morgan fingerprint density at radius 2 is 2.19 bits per heavy atom. The average Bonchev–Trinajstić information content (AvgIpc) is 2.71. The highest BCUT2D eigenvalue weighted by Gasteiger charge is 2.17. The van der Waals surface area contributed by atoms with Crippen molar-refractivity contribution in [3.8, 4) is 0 Å². The van der Waals surface area contributed by atoms with Gasteiger partial charge in [-0.1, -0.05) is 0 Å². The summed E-state index contributed by atoms with van der Waals surface area (Å²) in [6, 6.07) is 0. The molecule has 1 aliphatic rings. The molecule has 1 N–H and O–H groups in total. The van der Waals surface area contributed by atoms with Gasteiger partial charge in [0, 0.05) is 26.0 Å². The maximum absolute atomic E-state index is 4.36. The van der Waals surface area contributed by atoms with Gasteiger partial charge in [-0.15, -0.1) is 12.4 Å². The van der Waals surface area contributed by atoms with Crippen molar-refractivity contribution in [2.75, 3.05) is 31.6 Å². The molecule has 0 radical (unpaired) electrons. The van der Waals surface area contributed by atoms with E-state index in [2.05, 4.69) is 27.2 Å². The summed E-state index contributed by atoms with van der Waals surface area (Å²) in [5.41, 5.74) is 1.01. The predicted molar refractivity (Wildman–Crippen MR) is 68.3 cm³/mol. The van der Waals surface area contributed by atoms with Crippen molar-refractivity contribution in [2.45, 2.75) is 13.3 Å². The van der Waals surface area contributed by atoms with E-state index in [-0.39, 0.29) is 12.4 Å². The highest BCUT2D eigenvalue weighted by molar-refractivity contribution is 5.85. The highest BCUT2D eigenvalue weighted by atomic mass is 35.5. The van der Waals surface area contributed by atoms with Crippen molar-refractivity contribution in [2.24, 2.45) is 5.92 Å². The largest absolute Gasteiger partial charge is 0.358 e. The van der Waals surface area contributed by atoms with Crippen LogP contribution in [0, 0.1) is 12.8 Å². The molecule has 0 bridgehead atoms. The van der Waals surface area contributed by atoms with Gasteiger partial charge in [0.15, 0.2) is 0 Å². The van der Waals surface area contributed by atoms with Crippen molar-refractivity contribution >= 4 is 18.2 Å². The molecule has 0 spiro atoms. The Kier molecular flexibility index (Phi) is 4.96. The zero-order chi connectivity index (χ0) is 10.7. The van der Waals surface area contributed by atoms with Crippen molar-refractivity contribution < 1.29 is 0 Å². The minimum atomic E-state index is 0. The third kappa shape index (κ3) is 3.06. The van der Waals surface area contributed by atoms with Crippen LogP contribution < -0.4 is 10.2 Å². The van der Waals surface area contributed by atoms with Crippen molar-refractivity contribution in [1.82, 2.24) is 15.3 Å². The summed E-state index contributed by atoms with van der Waals surface area (Å²) in [5, 5.41) is 3.38. The van der Waals surface area contributed by atoms with E-state index >= 15 is 0 Å². The molecule has 16 heavy (non-hydrogen) atoms. The SMILES string of the molecule is Cc1nccnc1N(C)CC1CCNC1.Cl. The van der Waals surface area contributed by atoms with Crippen LogP contribution in [0.3, 0.4) is 0 Å². The lowest BCUT2D eigenvalue weighted by Gasteiger charge is -2.22. The minimum Gasteiger partial charge on any atom is -0.358 e. The summed E-state index contributed by atoms with van der Waals surface area (Å²) < 4.78 is 0. The first kappa shape index (κ1) is 13.2. The van der Waals surface area contributed by atoms with Gasteiger partial charge in [0.2, 0.25) is 0 Å². The Labute approximate surface area is 103 Å². The zero-order valence-electron chi connectivity index (χ0n) is 9.81. The molecule has 0 aromatic carbocycles. The molecule has 2 heterocycles. The smallest absolute Gasteiger partial charge is 0.149 e. The number of aromatic nitrogens is 2. The summed E-state index contributed by atoms with van der Waals surface area (Å²) >= 11 is 0. The molecule has 1 saturated heterocycles. The van der Waals surface area contributed by atoms with Gasteiger partial charge in [-0.2, -0.15) is 0 Å². The molecule has 4 nitrogen and oxygen atoms in total. The topological polar surface area (TPSA) is 41.1 Å². The Morgan fingerprint density at radius 3 is 2.81 bits per heavy atom. The molecule has 0 amide bonds. The summed E-state index contributed by atoms with van der Waals surface area (Å²) in [6.07, 6.45) is 4.76. The molecule has 1 aliphatic heterocycles. The lowest BCUT2D eigenvalue weighted by molar-refractivity contribution is 0.574. The fraction of sp³-hybridized carbons (Fsp3) is 0.636. The van der Waals surface area contributed by atoms with E-state index in [0.29, 0.717) is 0 Å². The van der Waals surface area contributed by atoms with Crippen LogP contribution in [0.25, 0.3) is 0 Å². The molecule has 1 atom stereocenters. The van der Waals surface area contributed by atoms with Crippen LogP contribution in [0.4, 0.5) is 5.82 Å². The Hall–Kier alpha value is -0.870. The number of aryl methyl sites for hydroxylation is 1. The van der Waals surface area contributed by atoms with E-state index in [1.807, 2.05) is 6.92 Å². The first-order valence-electron chi connectivity index (χ1n) is 5.47. The van der Waals surface area contributed by atoms with Crippen LogP contribution in [0.5, 0.6) is 0 Å². The van der Waals surface area contributed by atoms with Gasteiger partial charge in [-0.05, 0) is 32.4 Å². The molecule has 1 aromatic rings. The summed E-state index contributed by atoms with van der Waals surface area (Å²) in [4.78, 5) is 10.8. The number of nitrogens with one attached hydrogen (secondary N) is 1. The second-order valence-electron chi connectivity index (χ2n) is 4.20. The maximum atomic E-state index is 4.36. The Bertz CT molecular complexity index is 326. The average molecular weight is 243 g/mol. The number of halogens is 1. The van der Waals surface area contributed by atoms with Gasteiger partial charge in [-0.3, -0.25) is 4.98 Å². The van der Waals surface area contributed by atoms with E-state index in [1.165, 1.54) is 6.42 Å². The second-order valence-corrected chi connectivity index (χ2v) is 4.20. The fourth-order valence-electron chi connectivity index (χ4n) is 2.12. The van der Waals surface area contributed by atoms with Crippen molar-refractivity contribution in [1.29, 1.82) is 0 Å². The summed E-state index contributed by atoms with van der Waals surface area (Å²) in [6.45, 7) is 5.35. The minimum absolute atomic E-state index is 0. The van der Waals surface area contributed by atoms with Gasteiger partial charge >= 0.3 is 0 Å². The van der Waals surface area contributed by atoms with E-state index in [0.717, 1.165) is 37.1 Å². The predicted octanol–water partition coefficient (Wildman–Crippen LogP) is 1.25. The first-order chi connectivity index (χ1) is 7.27. The third-order valence-corrected chi connectivity index (χ3v) is 2.91. The van der Waals surface area contributed by atoms with Crippen LogP contribution in [-0.4, -0.2) is 36.6 Å². The van der Waals surface area contributed by atoms with E-state index in [9.17, 15) is 0 Å². The zero-order valence-corrected chi connectivity index (χ0v) is 10.6. The lowest BCUT2D eigenvalue weighted by Crippen LogP contribution is -2.28. The van der Waals surface area contributed by atoms with E-state index < -0.39 is 0 Å². The number of hydrogen-bond acceptors (Lipinski definition) is 4. The van der Waals surface area contributed by atoms with Crippen molar-refractivity contribution in [3.05, 3.63) is 18.1 Å². The standard InChI is InChI=1S/C11H18N4.ClH/c1-9-11(14-6-5-13-9)15(2)8-10-3-4-12-7-10;/h5-6,10,12H,3-4,7-8H2,1-2H3;1H. The quantitative estimate of drug-likeness (QED) is 0.867. The molecular formula is C11H19ClN4. The summed E-state index contributed by atoms with van der Waals surface area (Å²) in [7, 11) is 2.09. The monoisotopic (exact) mass is 242 g/mol. The molecule has 90 valence electrons. The molecule has 2 rings (SSSR count). The Balaban J connectivity index is 0.00000128. The van der Waals surface area contributed by atoms with Crippen LogP contribution in [0.1, 0.15) is 12.1 Å². The van der Waals surface area contributed by atoms with E-state index in [1.54, 1.807) is 12.4 Å². The lowest BCUT2D eigenvalue weighted by atomic mass is 10.1. The second kappa shape index (κ2) is 6.01. The van der Waals surface area contributed by atoms with Crippen LogP contribution in [0.2, 0.25) is 0 Å². The Morgan fingerprint density at radius 1 is 1.44 bits per heavy atom. The first-order valence-corrected chi connectivity index (χ1v) is 5.47. The van der Waals surface area contributed by atoms with Gasteiger partial charge in [0.25, 0.3) is 0 Å². The van der Waals surface area contributed by atoms with Crippen LogP contribution in [0.15, 0.2) is 12.4 Å². The maximum Gasteiger partial charge on any atom is 0.149 e. The normalized spacial score (nSPS) is 19.2. The molecule has 1 aromatic heterocycles. The van der Waals surface area contributed by atoms with Gasteiger partial charge in [-0.25, -0.2) is 4.98 Å². The molecular weight excluding hydrogens is 224 g/mol. The number of hydrogen-bond donors (Lipinski definition) is 1. The number of rotatable bonds is 3. The fourth-order valence-corrected chi connectivity index (χ4v) is 2.12. The molecule has 1 fully saturated rings. The molecule has 0 aliphatic carbocycles. The van der Waals surface area contributed by atoms with E-state index in [4.69, 9.17) is 0 Å². The number of nitrogens with zero attached hydrogens (tertiary/aromatic N) is 3. The molecule has 5 heteroatoms. The van der Waals surface area contributed by atoms with Crippen molar-refractivity contribution in [3.63, 3.8) is 0 Å². The van der Waals surface area contributed by atoms with Gasteiger partial charge in [0.1, 0.15) is 5.82 Å². The third-order valence-electron chi connectivity index (χ3n) is 2.91.